The smallest absolute Gasteiger partial charge is 0.237 e. The van der Waals surface area contributed by atoms with Gasteiger partial charge in [-0.25, -0.2) is 0 Å². The average molecular weight is 274 g/mol. The van der Waals surface area contributed by atoms with Gasteiger partial charge >= 0.3 is 0 Å². The number of benzene rings is 1. The van der Waals surface area contributed by atoms with E-state index in [9.17, 15) is 4.79 Å². The molecular formula is C16H22N2O2. The van der Waals surface area contributed by atoms with Crippen molar-refractivity contribution >= 4 is 5.91 Å². The van der Waals surface area contributed by atoms with Crippen molar-refractivity contribution in [1.82, 2.24) is 10.6 Å². The molecular weight excluding hydrogens is 252 g/mol. The van der Waals surface area contributed by atoms with Crippen LogP contribution in [0.4, 0.5) is 0 Å². The standard InChI is InChI=1S/C16H22N2O2/c19-16(14-6-3-4-9-17-14)18-11-12-8-10-20-15-7-2-1-5-13(12)15/h1-2,5,7,12,14,17H,3-4,6,8-11H2,(H,18,19). The van der Waals surface area contributed by atoms with Crippen molar-refractivity contribution in [2.75, 3.05) is 19.7 Å². The Hall–Kier alpha value is -1.55. The van der Waals surface area contributed by atoms with Crippen molar-refractivity contribution in [3.63, 3.8) is 0 Å². The molecule has 1 aromatic rings. The summed E-state index contributed by atoms with van der Waals surface area (Å²) in [6.07, 6.45) is 4.24. The van der Waals surface area contributed by atoms with E-state index in [1.807, 2.05) is 18.2 Å². The van der Waals surface area contributed by atoms with Crippen molar-refractivity contribution in [1.29, 1.82) is 0 Å². The molecule has 2 aliphatic heterocycles. The van der Waals surface area contributed by atoms with E-state index < -0.39 is 0 Å². The number of amides is 1. The highest BCUT2D eigenvalue weighted by atomic mass is 16.5. The van der Waals surface area contributed by atoms with Gasteiger partial charge in [0.2, 0.25) is 5.91 Å². The molecule has 0 radical (unpaired) electrons. The number of ether oxygens (including phenoxy) is 1. The molecule has 4 nitrogen and oxygen atoms in total. The topological polar surface area (TPSA) is 50.4 Å². The highest BCUT2D eigenvalue weighted by molar-refractivity contribution is 5.81. The van der Waals surface area contributed by atoms with Gasteiger partial charge < -0.3 is 15.4 Å². The molecule has 2 aliphatic rings. The predicted octanol–water partition coefficient (Wildman–Crippen LogP) is 1.81. The number of piperidine rings is 1. The number of nitrogens with one attached hydrogen (secondary N) is 2. The fraction of sp³-hybridized carbons (Fsp3) is 0.562. The lowest BCUT2D eigenvalue weighted by Crippen LogP contribution is -2.47. The Kier molecular flexibility index (Phi) is 4.21. The zero-order valence-corrected chi connectivity index (χ0v) is 11.7. The van der Waals surface area contributed by atoms with Crippen LogP contribution in [0.2, 0.25) is 0 Å². The van der Waals surface area contributed by atoms with Crippen LogP contribution >= 0.6 is 0 Å². The first kappa shape index (κ1) is 13.4. The van der Waals surface area contributed by atoms with E-state index in [2.05, 4.69) is 16.7 Å². The van der Waals surface area contributed by atoms with Crippen LogP contribution in [-0.4, -0.2) is 31.6 Å². The van der Waals surface area contributed by atoms with E-state index in [1.54, 1.807) is 0 Å². The summed E-state index contributed by atoms with van der Waals surface area (Å²) in [5, 5.41) is 6.40. The summed E-state index contributed by atoms with van der Waals surface area (Å²) in [4.78, 5) is 12.1. The molecule has 0 saturated carbocycles. The summed E-state index contributed by atoms with van der Waals surface area (Å²) in [6, 6.07) is 8.13. The van der Waals surface area contributed by atoms with Crippen molar-refractivity contribution in [2.45, 2.75) is 37.6 Å². The van der Waals surface area contributed by atoms with E-state index in [1.165, 1.54) is 12.0 Å². The molecule has 1 aromatic carbocycles. The molecule has 1 saturated heterocycles. The molecule has 20 heavy (non-hydrogen) atoms. The Labute approximate surface area is 119 Å². The normalized spacial score (nSPS) is 25.4. The molecule has 0 bridgehead atoms. The number of hydrogen-bond donors (Lipinski definition) is 2. The SMILES string of the molecule is O=C(NCC1CCOc2ccccc21)C1CCCCN1. The van der Waals surface area contributed by atoms with Gasteiger partial charge in [-0.1, -0.05) is 24.6 Å². The second-order valence-electron chi connectivity index (χ2n) is 5.62. The molecule has 0 aromatic heterocycles. The molecule has 1 amide bonds. The van der Waals surface area contributed by atoms with Gasteiger partial charge in [0.1, 0.15) is 5.75 Å². The lowest BCUT2D eigenvalue weighted by Gasteiger charge is -2.27. The Bertz CT molecular complexity index is 469. The summed E-state index contributed by atoms with van der Waals surface area (Å²) in [7, 11) is 0. The summed E-state index contributed by atoms with van der Waals surface area (Å²) >= 11 is 0. The average Bonchev–Trinajstić information content (AvgIpc) is 2.53. The van der Waals surface area contributed by atoms with Crippen LogP contribution in [0.25, 0.3) is 0 Å². The van der Waals surface area contributed by atoms with Crippen molar-refractivity contribution in [2.24, 2.45) is 0 Å². The van der Waals surface area contributed by atoms with Gasteiger partial charge in [-0.05, 0) is 37.4 Å². The van der Waals surface area contributed by atoms with E-state index in [0.717, 1.165) is 38.2 Å². The van der Waals surface area contributed by atoms with Gasteiger partial charge in [-0.15, -0.1) is 0 Å². The third-order valence-corrected chi connectivity index (χ3v) is 4.23. The number of rotatable bonds is 3. The van der Waals surface area contributed by atoms with Gasteiger partial charge in [-0.2, -0.15) is 0 Å². The first-order chi connectivity index (χ1) is 9.84. The van der Waals surface area contributed by atoms with Crippen LogP contribution in [0, 0.1) is 0 Å². The molecule has 0 aliphatic carbocycles. The first-order valence-electron chi connectivity index (χ1n) is 7.57. The number of carbonyl (C=O) groups excluding carboxylic acids is 1. The zero-order valence-electron chi connectivity index (χ0n) is 11.7. The Morgan fingerprint density at radius 1 is 1.30 bits per heavy atom. The van der Waals surface area contributed by atoms with Crippen LogP contribution in [-0.2, 0) is 4.79 Å². The van der Waals surface area contributed by atoms with E-state index >= 15 is 0 Å². The Morgan fingerprint density at radius 3 is 3.05 bits per heavy atom. The minimum absolute atomic E-state index is 0.00108. The second-order valence-corrected chi connectivity index (χ2v) is 5.62. The quantitative estimate of drug-likeness (QED) is 0.884. The molecule has 4 heteroatoms. The molecule has 2 N–H and O–H groups in total. The fourth-order valence-corrected chi connectivity index (χ4v) is 3.05. The minimum atomic E-state index is -0.00108. The molecule has 1 fully saturated rings. The van der Waals surface area contributed by atoms with Crippen molar-refractivity contribution in [3.8, 4) is 5.75 Å². The Balaban J connectivity index is 1.57. The molecule has 108 valence electrons. The summed E-state index contributed by atoms with van der Waals surface area (Å²) in [5.41, 5.74) is 1.22. The van der Waals surface area contributed by atoms with Crippen LogP contribution in [0.15, 0.2) is 24.3 Å². The summed E-state index contributed by atoms with van der Waals surface area (Å²) in [6.45, 7) is 2.40. The van der Waals surface area contributed by atoms with E-state index in [0.29, 0.717) is 12.5 Å². The number of para-hydroxylation sites is 1. The molecule has 3 rings (SSSR count). The number of hydrogen-bond acceptors (Lipinski definition) is 3. The third kappa shape index (κ3) is 2.96. The zero-order chi connectivity index (χ0) is 13.8. The van der Waals surface area contributed by atoms with Gasteiger partial charge in [0.05, 0.1) is 12.6 Å². The van der Waals surface area contributed by atoms with Gasteiger partial charge in [0, 0.05) is 12.5 Å². The Morgan fingerprint density at radius 2 is 2.20 bits per heavy atom. The molecule has 2 unspecified atom stereocenters. The number of carbonyl (C=O) groups is 1. The van der Waals surface area contributed by atoms with Crippen LogP contribution in [0.5, 0.6) is 5.75 Å². The fourth-order valence-electron chi connectivity index (χ4n) is 3.05. The molecule has 2 heterocycles. The highest BCUT2D eigenvalue weighted by Crippen LogP contribution is 2.32. The lowest BCUT2D eigenvalue weighted by atomic mass is 9.93. The first-order valence-corrected chi connectivity index (χ1v) is 7.57. The third-order valence-electron chi connectivity index (χ3n) is 4.23. The van der Waals surface area contributed by atoms with E-state index in [-0.39, 0.29) is 11.9 Å². The second kappa shape index (κ2) is 6.27. The maximum absolute atomic E-state index is 12.1. The maximum Gasteiger partial charge on any atom is 0.237 e. The summed E-state index contributed by atoms with van der Waals surface area (Å²) in [5.74, 6) is 1.48. The molecule has 0 spiro atoms. The maximum atomic E-state index is 12.1. The van der Waals surface area contributed by atoms with E-state index in [4.69, 9.17) is 4.74 Å². The number of fused-ring (bicyclic) bond motifs is 1. The van der Waals surface area contributed by atoms with Gasteiger partial charge in [0.15, 0.2) is 0 Å². The van der Waals surface area contributed by atoms with Crippen LogP contribution < -0.4 is 15.4 Å². The van der Waals surface area contributed by atoms with Crippen LogP contribution in [0.3, 0.4) is 0 Å². The predicted molar refractivity (Wildman–Crippen MR) is 77.9 cm³/mol. The lowest BCUT2D eigenvalue weighted by molar-refractivity contribution is -0.123. The van der Waals surface area contributed by atoms with Crippen molar-refractivity contribution in [3.05, 3.63) is 29.8 Å². The van der Waals surface area contributed by atoms with Crippen LogP contribution in [0.1, 0.15) is 37.2 Å². The highest BCUT2D eigenvalue weighted by Gasteiger charge is 2.24. The summed E-state index contributed by atoms with van der Waals surface area (Å²) < 4.78 is 5.65. The minimum Gasteiger partial charge on any atom is -0.493 e. The monoisotopic (exact) mass is 274 g/mol. The molecule has 2 atom stereocenters. The largest absolute Gasteiger partial charge is 0.493 e. The van der Waals surface area contributed by atoms with Crippen molar-refractivity contribution < 1.29 is 9.53 Å². The van der Waals surface area contributed by atoms with Gasteiger partial charge in [0.25, 0.3) is 0 Å². The van der Waals surface area contributed by atoms with Gasteiger partial charge in [-0.3, -0.25) is 4.79 Å².